The van der Waals surface area contributed by atoms with E-state index in [0.29, 0.717) is 5.41 Å². The second kappa shape index (κ2) is 3.51. The van der Waals surface area contributed by atoms with Crippen molar-refractivity contribution < 1.29 is 0 Å². The van der Waals surface area contributed by atoms with Gasteiger partial charge in [0.25, 0.3) is 0 Å². The van der Waals surface area contributed by atoms with Crippen LogP contribution >= 0.6 is 11.6 Å². The molecule has 0 bridgehead atoms. The van der Waals surface area contributed by atoms with Crippen LogP contribution in [0.2, 0.25) is 0 Å². The first kappa shape index (κ1) is 10.4. The molecule has 90 valence electrons. The third-order valence-electron chi connectivity index (χ3n) is 5.48. The molecule has 3 aliphatic rings. The van der Waals surface area contributed by atoms with Gasteiger partial charge in [-0.2, -0.15) is 0 Å². The zero-order valence-electron chi connectivity index (χ0n) is 10.1. The molecule has 17 heavy (non-hydrogen) atoms. The highest BCUT2D eigenvalue weighted by atomic mass is 35.5. The van der Waals surface area contributed by atoms with Crippen LogP contribution in [0, 0.1) is 23.2 Å². The van der Waals surface area contributed by atoms with E-state index < -0.39 is 0 Å². The van der Waals surface area contributed by atoms with Gasteiger partial charge >= 0.3 is 0 Å². The van der Waals surface area contributed by atoms with Gasteiger partial charge < -0.3 is 0 Å². The molecule has 0 amide bonds. The smallest absolute Gasteiger partial charge is 0.0283 e. The first-order chi connectivity index (χ1) is 8.32. The minimum Gasteiger partial charge on any atom is -0.126 e. The lowest BCUT2D eigenvalue weighted by Gasteiger charge is -2.29. The summed E-state index contributed by atoms with van der Waals surface area (Å²) in [6, 6.07) is 11.0. The highest BCUT2D eigenvalue weighted by molar-refractivity contribution is 6.18. The SMILES string of the molecule is ClCC1(C2CC2c2ccccc2)CC2CC2C1. The molecule has 0 nitrogen and oxygen atoms in total. The normalized spacial score (nSPS) is 46.6. The van der Waals surface area contributed by atoms with Crippen LogP contribution in [-0.4, -0.2) is 5.88 Å². The lowest BCUT2D eigenvalue weighted by Crippen LogP contribution is -2.24. The second-order valence-corrected chi connectivity index (χ2v) is 6.79. The monoisotopic (exact) mass is 246 g/mol. The van der Waals surface area contributed by atoms with E-state index in [0.717, 1.165) is 29.6 Å². The Hall–Kier alpha value is -0.490. The minimum atomic E-state index is 0.510. The van der Waals surface area contributed by atoms with Gasteiger partial charge in [0.05, 0.1) is 0 Å². The Labute approximate surface area is 108 Å². The molecule has 3 fully saturated rings. The molecule has 4 unspecified atom stereocenters. The molecule has 1 heteroatoms. The molecule has 4 atom stereocenters. The Morgan fingerprint density at radius 3 is 2.41 bits per heavy atom. The number of halogens is 1. The second-order valence-electron chi connectivity index (χ2n) is 6.52. The van der Waals surface area contributed by atoms with E-state index in [-0.39, 0.29) is 0 Å². The van der Waals surface area contributed by atoms with E-state index in [1.54, 1.807) is 5.56 Å². The molecular weight excluding hydrogens is 228 g/mol. The standard InChI is InChI=1S/C16H19Cl/c17-10-16(8-12-6-13(12)9-16)15-7-14(15)11-4-2-1-3-5-11/h1-5,12-15H,6-10H2. The van der Waals surface area contributed by atoms with Gasteiger partial charge in [-0.25, -0.2) is 0 Å². The third kappa shape index (κ3) is 1.57. The van der Waals surface area contributed by atoms with E-state index >= 15 is 0 Å². The summed E-state index contributed by atoms with van der Waals surface area (Å²) in [4.78, 5) is 0. The third-order valence-corrected chi connectivity index (χ3v) is 6.01. The van der Waals surface area contributed by atoms with Crippen LogP contribution in [0.15, 0.2) is 30.3 Å². The van der Waals surface area contributed by atoms with Crippen molar-refractivity contribution in [3.05, 3.63) is 35.9 Å². The maximum absolute atomic E-state index is 6.34. The van der Waals surface area contributed by atoms with Crippen LogP contribution in [0.25, 0.3) is 0 Å². The predicted molar refractivity (Wildman–Crippen MR) is 71.3 cm³/mol. The van der Waals surface area contributed by atoms with E-state index in [2.05, 4.69) is 30.3 Å². The van der Waals surface area contributed by atoms with Crippen molar-refractivity contribution >= 4 is 11.6 Å². The molecule has 0 heterocycles. The van der Waals surface area contributed by atoms with Gasteiger partial charge in [0.2, 0.25) is 0 Å². The molecule has 1 aromatic rings. The quantitative estimate of drug-likeness (QED) is 0.692. The summed E-state index contributed by atoms with van der Waals surface area (Å²) >= 11 is 6.34. The van der Waals surface area contributed by atoms with Gasteiger partial charge in [-0.3, -0.25) is 0 Å². The molecule has 0 radical (unpaired) electrons. The molecular formula is C16H19Cl. The fourth-order valence-corrected chi connectivity index (χ4v) is 4.81. The molecule has 0 saturated heterocycles. The van der Waals surface area contributed by atoms with Crippen molar-refractivity contribution in [2.45, 2.75) is 31.6 Å². The van der Waals surface area contributed by atoms with E-state index in [9.17, 15) is 0 Å². The van der Waals surface area contributed by atoms with E-state index in [4.69, 9.17) is 11.6 Å². The fraction of sp³-hybridized carbons (Fsp3) is 0.625. The fourth-order valence-electron chi connectivity index (χ4n) is 4.39. The van der Waals surface area contributed by atoms with Crippen molar-refractivity contribution in [2.75, 3.05) is 5.88 Å². The molecule has 0 aliphatic heterocycles. The van der Waals surface area contributed by atoms with Gasteiger partial charge in [0.15, 0.2) is 0 Å². The zero-order chi connectivity index (χ0) is 11.5. The van der Waals surface area contributed by atoms with Crippen molar-refractivity contribution in [3.63, 3.8) is 0 Å². The number of benzene rings is 1. The van der Waals surface area contributed by atoms with Gasteiger partial charge in [0, 0.05) is 5.88 Å². The molecule has 3 saturated carbocycles. The maximum atomic E-state index is 6.34. The summed E-state index contributed by atoms with van der Waals surface area (Å²) in [6.45, 7) is 0. The molecule has 0 spiro atoms. The van der Waals surface area contributed by atoms with Gasteiger partial charge in [-0.05, 0) is 60.3 Å². The summed E-state index contributed by atoms with van der Waals surface area (Å²) < 4.78 is 0. The summed E-state index contributed by atoms with van der Waals surface area (Å²) in [7, 11) is 0. The zero-order valence-corrected chi connectivity index (χ0v) is 10.9. The Morgan fingerprint density at radius 1 is 1.06 bits per heavy atom. The first-order valence-electron chi connectivity index (χ1n) is 6.93. The van der Waals surface area contributed by atoms with Gasteiger partial charge in [-0.15, -0.1) is 11.6 Å². The summed E-state index contributed by atoms with van der Waals surface area (Å²) in [6.07, 6.45) is 5.74. The van der Waals surface area contributed by atoms with E-state index in [1.807, 2.05) is 0 Å². The molecule has 0 N–H and O–H groups in total. The maximum Gasteiger partial charge on any atom is 0.0283 e. The lowest BCUT2D eigenvalue weighted by atomic mass is 9.78. The lowest BCUT2D eigenvalue weighted by molar-refractivity contribution is 0.252. The van der Waals surface area contributed by atoms with Crippen LogP contribution in [0.3, 0.4) is 0 Å². The highest BCUT2D eigenvalue weighted by Gasteiger charge is 2.61. The summed E-state index contributed by atoms with van der Waals surface area (Å²) in [5.74, 6) is 4.69. The highest BCUT2D eigenvalue weighted by Crippen LogP contribution is 2.70. The largest absolute Gasteiger partial charge is 0.126 e. The van der Waals surface area contributed by atoms with Crippen molar-refractivity contribution in [3.8, 4) is 0 Å². The van der Waals surface area contributed by atoms with Crippen LogP contribution < -0.4 is 0 Å². The number of alkyl halides is 1. The Balaban J connectivity index is 1.54. The van der Waals surface area contributed by atoms with Crippen molar-refractivity contribution in [2.24, 2.45) is 23.2 Å². The summed E-state index contributed by atoms with van der Waals surface area (Å²) in [5, 5.41) is 0. The van der Waals surface area contributed by atoms with Crippen molar-refractivity contribution in [1.29, 1.82) is 0 Å². The number of hydrogen-bond acceptors (Lipinski definition) is 0. The average molecular weight is 247 g/mol. The Kier molecular flexibility index (Phi) is 2.15. The average Bonchev–Trinajstić information content (AvgIpc) is 3.29. The first-order valence-corrected chi connectivity index (χ1v) is 7.47. The van der Waals surface area contributed by atoms with Crippen molar-refractivity contribution in [1.82, 2.24) is 0 Å². The topological polar surface area (TPSA) is 0 Å². The molecule has 1 aromatic carbocycles. The molecule has 4 rings (SSSR count). The molecule has 3 aliphatic carbocycles. The van der Waals surface area contributed by atoms with Crippen LogP contribution in [0.1, 0.15) is 37.2 Å². The molecule has 0 aromatic heterocycles. The summed E-state index contributed by atoms with van der Waals surface area (Å²) in [5.41, 5.74) is 2.05. The van der Waals surface area contributed by atoms with Gasteiger partial charge in [-0.1, -0.05) is 30.3 Å². The van der Waals surface area contributed by atoms with Crippen LogP contribution in [0.5, 0.6) is 0 Å². The van der Waals surface area contributed by atoms with Gasteiger partial charge in [0.1, 0.15) is 0 Å². The van der Waals surface area contributed by atoms with Crippen LogP contribution in [0.4, 0.5) is 0 Å². The number of fused-ring (bicyclic) bond motifs is 1. The number of hydrogen-bond donors (Lipinski definition) is 0. The van der Waals surface area contributed by atoms with E-state index in [1.165, 1.54) is 25.7 Å². The Bertz CT molecular complexity index is 414. The Morgan fingerprint density at radius 2 is 1.76 bits per heavy atom. The minimum absolute atomic E-state index is 0.510. The predicted octanol–water partition coefficient (Wildman–Crippen LogP) is 4.45. The van der Waals surface area contributed by atoms with Crippen LogP contribution in [-0.2, 0) is 0 Å². The number of rotatable bonds is 3.